The van der Waals surface area contributed by atoms with Gasteiger partial charge in [-0.2, -0.15) is 0 Å². The fourth-order valence-electron chi connectivity index (χ4n) is 4.38. The summed E-state index contributed by atoms with van der Waals surface area (Å²) in [6.07, 6.45) is 6.45. The molecule has 2 heterocycles. The molecular formula is C23H26FN2O+. The summed E-state index contributed by atoms with van der Waals surface area (Å²) in [5.74, 6) is -0.348. The molecule has 2 bridgehead atoms. The first-order valence-electron chi connectivity index (χ1n) is 9.77. The molecule has 0 aliphatic carbocycles. The lowest BCUT2D eigenvalue weighted by Crippen LogP contribution is -3.14. The molecule has 0 saturated carbocycles. The molecule has 0 radical (unpaired) electrons. The fourth-order valence-corrected chi connectivity index (χ4v) is 4.38. The van der Waals surface area contributed by atoms with Crippen LogP contribution in [-0.4, -0.2) is 36.5 Å². The van der Waals surface area contributed by atoms with Gasteiger partial charge in [-0.15, -0.1) is 0 Å². The van der Waals surface area contributed by atoms with Crippen LogP contribution >= 0.6 is 0 Å². The Bertz CT molecular complexity index is 831. The maximum absolute atomic E-state index is 13.3. The summed E-state index contributed by atoms with van der Waals surface area (Å²) in [5.41, 5.74) is 2.90. The van der Waals surface area contributed by atoms with Crippen molar-refractivity contribution in [1.82, 2.24) is 4.90 Å². The summed E-state index contributed by atoms with van der Waals surface area (Å²) < 4.78 is 13.3. The summed E-state index contributed by atoms with van der Waals surface area (Å²) >= 11 is 0. The third-order valence-corrected chi connectivity index (χ3v) is 6.05. The third kappa shape index (κ3) is 3.81. The van der Waals surface area contributed by atoms with Gasteiger partial charge in [-0.3, -0.25) is 4.79 Å². The Labute approximate surface area is 160 Å². The van der Waals surface area contributed by atoms with Crippen molar-refractivity contribution in [1.29, 1.82) is 0 Å². The number of hydrogen-bond donors (Lipinski definition) is 1. The Kier molecular flexibility index (Phi) is 5.08. The lowest BCUT2D eigenvalue weighted by molar-refractivity contribution is -0.912. The smallest absolute Gasteiger partial charge is 0.258 e. The average Bonchev–Trinajstić information content (AvgIpc) is 2.90. The zero-order valence-corrected chi connectivity index (χ0v) is 15.7. The van der Waals surface area contributed by atoms with Crippen LogP contribution in [0.2, 0.25) is 0 Å². The van der Waals surface area contributed by atoms with E-state index in [0.29, 0.717) is 24.2 Å². The van der Waals surface area contributed by atoms with E-state index in [0.717, 1.165) is 18.5 Å². The lowest BCUT2D eigenvalue weighted by Gasteiger charge is -2.33. The predicted octanol–water partition coefficient (Wildman–Crippen LogP) is 2.84. The van der Waals surface area contributed by atoms with Gasteiger partial charge in [0.2, 0.25) is 0 Å². The number of amides is 1. The van der Waals surface area contributed by atoms with E-state index >= 15 is 0 Å². The van der Waals surface area contributed by atoms with Crippen molar-refractivity contribution < 1.29 is 14.1 Å². The monoisotopic (exact) mass is 365 g/mol. The van der Waals surface area contributed by atoms with Crippen molar-refractivity contribution in [3.05, 3.63) is 83.3 Å². The van der Waals surface area contributed by atoms with Crippen LogP contribution in [0.1, 0.15) is 35.2 Å². The van der Waals surface area contributed by atoms with Gasteiger partial charge in [-0.1, -0.05) is 30.3 Å². The number of halogens is 1. The SMILES string of the molecule is C[NH+]1[C@@H]2CC[C@H]1C=C(N(CCc1ccccc1)C(=O)c1ccc(F)cc1)C2. The molecule has 1 unspecified atom stereocenters. The number of quaternary nitrogens is 1. The van der Waals surface area contributed by atoms with Gasteiger partial charge < -0.3 is 9.80 Å². The standard InChI is InChI=1S/C23H25FN2O/c1-25-20-11-12-21(25)16-22(15-20)26(14-13-17-5-3-2-4-6-17)23(27)18-7-9-19(24)10-8-18/h2-10,15,20-21H,11-14,16H2,1H3/p+1/t20-,21+/m0/s1. The van der Waals surface area contributed by atoms with E-state index in [1.165, 1.54) is 30.5 Å². The van der Waals surface area contributed by atoms with Crippen molar-refractivity contribution in [2.24, 2.45) is 0 Å². The van der Waals surface area contributed by atoms with Crippen molar-refractivity contribution in [2.75, 3.05) is 13.6 Å². The van der Waals surface area contributed by atoms with Gasteiger partial charge >= 0.3 is 0 Å². The van der Waals surface area contributed by atoms with Crippen LogP contribution in [0.3, 0.4) is 0 Å². The van der Waals surface area contributed by atoms with Crippen molar-refractivity contribution in [3.8, 4) is 0 Å². The van der Waals surface area contributed by atoms with E-state index in [2.05, 4.69) is 25.3 Å². The molecule has 2 aromatic carbocycles. The van der Waals surface area contributed by atoms with Crippen LogP contribution in [0.15, 0.2) is 66.4 Å². The number of hydrogen-bond acceptors (Lipinski definition) is 1. The number of nitrogens with one attached hydrogen (secondary N) is 1. The minimum atomic E-state index is -0.317. The maximum atomic E-state index is 13.3. The maximum Gasteiger partial charge on any atom is 0.258 e. The van der Waals surface area contributed by atoms with Crippen LogP contribution in [0.4, 0.5) is 4.39 Å². The summed E-state index contributed by atoms with van der Waals surface area (Å²) in [6, 6.07) is 17.2. The Balaban J connectivity index is 1.59. The number of fused-ring (bicyclic) bond motifs is 2. The largest absolute Gasteiger partial charge is 0.329 e. The molecule has 2 aliphatic rings. The quantitative estimate of drug-likeness (QED) is 0.866. The van der Waals surface area contributed by atoms with Gasteiger partial charge in [0.1, 0.15) is 11.9 Å². The van der Waals surface area contributed by atoms with Crippen molar-refractivity contribution in [2.45, 2.75) is 37.8 Å². The highest BCUT2D eigenvalue weighted by Crippen LogP contribution is 2.26. The van der Waals surface area contributed by atoms with Crippen molar-refractivity contribution >= 4 is 5.91 Å². The van der Waals surface area contributed by atoms with Gasteiger partial charge in [0.15, 0.2) is 0 Å². The minimum Gasteiger partial charge on any atom is -0.329 e. The molecule has 1 N–H and O–H groups in total. The van der Waals surface area contributed by atoms with Crippen molar-refractivity contribution in [3.63, 3.8) is 0 Å². The van der Waals surface area contributed by atoms with E-state index in [-0.39, 0.29) is 11.7 Å². The first-order chi connectivity index (χ1) is 13.1. The fraction of sp³-hybridized carbons (Fsp3) is 0.348. The highest BCUT2D eigenvalue weighted by atomic mass is 19.1. The zero-order chi connectivity index (χ0) is 18.8. The molecule has 2 aliphatic heterocycles. The predicted molar refractivity (Wildman–Crippen MR) is 104 cm³/mol. The highest BCUT2D eigenvalue weighted by molar-refractivity contribution is 5.95. The second-order valence-electron chi connectivity index (χ2n) is 7.69. The molecule has 4 heteroatoms. The Hall–Kier alpha value is -2.46. The molecular weight excluding hydrogens is 339 g/mol. The number of nitrogens with zero attached hydrogens (tertiary/aromatic N) is 1. The average molecular weight is 365 g/mol. The van der Waals surface area contributed by atoms with Crippen LogP contribution < -0.4 is 4.90 Å². The van der Waals surface area contributed by atoms with Crippen LogP contribution in [0.5, 0.6) is 0 Å². The lowest BCUT2D eigenvalue weighted by atomic mass is 10.0. The molecule has 0 spiro atoms. The van der Waals surface area contributed by atoms with E-state index in [1.807, 2.05) is 23.1 Å². The van der Waals surface area contributed by atoms with Gasteiger partial charge in [-0.25, -0.2) is 4.39 Å². The number of benzene rings is 2. The van der Waals surface area contributed by atoms with Gasteiger partial charge in [0, 0.05) is 37.1 Å². The Morgan fingerprint density at radius 2 is 1.85 bits per heavy atom. The molecule has 3 atom stereocenters. The first kappa shape index (κ1) is 17.9. The molecule has 1 amide bonds. The zero-order valence-electron chi connectivity index (χ0n) is 15.7. The number of carbonyl (C=O) groups is 1. The first-order valence-corrected chi connectivity index (χ1v) is 9.77. The summed E-state index contributed by atoms with van der Waals surface area (Å²) in [6.45, 7) is 0.643. The van der Waals surface area contributed by atoms with Crippen LogP contribution in [0, 0.1) is 5.82 Å². The Morgan fingerprint density at radius 3 is 2.56 bits per heavy atom. The van der Waals surface area contributed by atoms with E-state index in [4.69, 9.17) is 0 Å². The van der Waals surface area contributed by atoms with Gasteiger partial charge in [0.25, 0.3) is 5.91 Å². The molecule has 1 saturated heterocycles. The number of rotatable bonds is 5. The van der Waals surface area contributed by atoms with Crippen LogP contribution in [-0.2, 0) is 6.42 Å². The summed E-state index contributed by atoms with van der Waals surface area (Å²) in [5, 5.41) is 0. The van der Waals surface area contributed by atoms with Gasteiger partial charge in [-0.05, 0) is 42.3 Å². The number of likely N-dealkylation sites (N-methyl/N-ethyl adjacent to an activating group) is 1. The molecule has 0 aromatic heterocycles. The van der Waals surface area contributed by atoms with Gasteiger partial charge in [0.05, 0.1) is 13.1 Å². The summed E-state index contributed by atoms with van der Waals surface area (Å²) in [7, 11) is 2.26. The van der Waals surface area contributed by atoms with Crippen LogP contribution in [0.25, 0.3) is 0 Å². The normalized spacial score (nSPS) is 23.8. The minimum absolute atomic E-state index is 0.0314. The molecule has 4 rings (SSSR count). The second kappa shape index (κ2) is 7.65. The second-order valence-corrected chi connectivity index (χ2v) is 7.69. The van der Waals surface area contributed by atoms with E-state index in [9.17, 15) is 9.18 Å². The topological polar surface area (TPSA) is 24.8 Å². The molecule has 3 nitrogen and oxygen atoms in total. The third-order valence-electron chi connectivity index (χ3n) is 6.05. The molecule has 1 fully saturated rings. The number of carbonyl (C=O) groups excluding carboxylic acids is 1. The van der Waals surface area contributed by atoms with E-state index in [1.54, 1.807) is 17.0 Å². The molecule has 2 aromatic rings. The molecule has 140 valence electrons. The van der Waals surface area contributed by atoms with E-state index < -0.39 is 0 Å². The highest BCUT2D eigenvalue weighted by Gasteiger charge is 2.40. The molecule has 27 heavy (non-hydrogen) atoms. The summed E-state index contributed by atoms with van der Waals surface area (Å²) in [4.78, 5) is 16.7. The Morgan fingerprint density at radius 1 is 1.11 bits per heavy atom.